The average molecular weight is 385 g/mol. The zero-order valence-electron chi connectivity index (χ0n) is 14.3. The molecule has 1 heterocycles. The smallest absolute Gasteiger partial charge is 0.366 e. The van der Waals surface area contributed by atoms with Gasteiger partial charge in [-0.05, 0) is 35.9 Å². The lowest BCUT2D eigenvalue weighted by molar-refractivity contribution is -0.138. The van der Waals surface area contributed by atoms with Crippen molar-refractivity contribution >= 4 is 27.7 Å². The Morgan fingerprint density at radius 3 is 2.46 bits per heavy atom. The molecule has 4 rings (SSSR count). The summed E-state index contributed by atoms with van der Waals surface area (Å²) in [6.45, 7) is -0.114. The molecular formula is C21H13F4N2O. The van der Waals surface area contributed by atoms with Gasteiger partial charge in [0.1, 0.15) is 5.82 Å². The van der Waals surface area contributed by atoms with E-state index >= 15 is 0 Å². The molecule has 0 saturated carbocycles. The van der Waals surface area contributed by atoms with Crippen LogP contribution in [0.3, 0.4) is 0 Å². The third-order valence-electron chi connectivity index (χ3n) is 4.68. The fourth-order valence-electron chi connectivity index (χ4n) is 3.51. The van der Waals surface area contributed by atoms with Crippen molar-refractivity contribution in [3.05, 3.63) is 83.2 Å². The van der Waals surface area contributed by atoms with Gasteiger partial charge in [-0.1, -0.05) is 24.3 Å². The van der Waals surface area contributed by atoms with Gasteiger partial charge in [0.25, 0.3) is 0 Å². The van der Waals surface area contributed by atoms with Gasteiger partial charge in [0, 0.05) is 28.9 Å². The van der Waals surface area contributed by atoms with Crippen LogP contribution in [0, 0.1) is 11.9 Å². The minimum absolute atomic E-state index is 0.0580. The van der Waals surface area contributed by atoms with Crippen molar-refractivity contribution in [2.24, 2.45) is 5.73 Å². The number of primary amides is 1. The molecular weight excluding hydrogens is 372 g/mol. The maximum Gasteiger partial charge on any atom is 0.416 e. The van der Waals surface area contributed by atoms with Crippen molar-refractivity contribution in [1.82, 2.24) is 4.57 Å². The summed E-state index contributed by atoms with van der Waals surface area (Å²) in [5.41, 5.74) is 5.85. The topological polar surface area (TPSA) is 48.0 Å². The summed E-state index contributed by atoms with van der Waals surface area (Å²) in [5, 5.41) is 0.669. The van der Waals surface area contributed by atoms with Crippen LogP contribution in [-0.2, 0) is 12.7 Å². The van der Waals surface area contributed by atoms with Crippen molar-refractivity contribution in [3.8, 4) is 0 Å². The molecule has 7 heteroatoms. The summed E-state index contributed by atoms with van der Waals surface area (Å²) in [7, 11) is 0. The van der Waals surface area contributed by atoms with Gasteiger partial charge < -0.3 is 10.3 Å². The van der Waals surface area contributed by atoms with Crippen molar-refractivity contribution in [3.63, 3.8) is 0 Å². The number of aromatic nitrogens is 1. The standard InChI is InChI=1S/C21H13F4N2O/c22-13-8-9-17-15(10-13)19-14(20(26)28)5-3-7-18(19)27(17)11-12-4-1-2-6-16(12)21(23,24)25/h1-9H,11H2,(H2,26,28). The maximum atomic E-state index is 13.8. The van der Waals surface area contributed by atoms with E-state index in [0.29, 0.717) is 21.8 Å². The van der Waals surface area contributed by atoms with Crippen LogP contribution in [-0.4, -0.2) is 10.5 Å². The van der Waals surface area contributed by atoms with E-state index in [-0.39, 0.29) is 17.7 Å². The number of fused-ring (bicyclic) bond motifs is 3. The Labute approximate surface area is 157 Å². The summed E-state index contributed by atoms with van der Waals surface area (Å²) >= 11 is 0. The van der Waals surface area contributed by atoms with Crippen LogP contribution in [0.4, 0.5) is 17.6 Å². The maximum absolute atomic E-state index is 13.8. The minimum atomic E-state index is -4.51. The zero-order valence-corrected chi connectivity index (χ0v) is 14.3. The predicted octanol–water partition coefficient (Wildman–Crippen LogP) is 4.90. The van der Waals surface area contributed by atoms with Crippen molar-refractivity contribution < 1.29 is 22.4 Å². The Morgan fingerprint density at radius 1 is 1.00 bits per heavy atom. The van der Waals surface area contributed by atoms with Gasteiger partial charge in [0.05, 0.1) is 16.6 Å². The molecule has 141 valence electrons. The highest BCUT2D eigenvalue weighted by Gasteiger charge is 2.33. The first-order chi connectivity index (χ1) is 13.3. The molecule has 0 saturated heterocycles. The molecule has 3 nitrogen and oxygen atoms in total. The summed E-state index contributed by atoms with van der Waals surface area (Å²) in [6.07, 6.45) is -4.51. The third kappa shape index (κ3) is 2.89. The first-order valence-electron chi connectivity index (χ1n) is 8.35. The summed E-state index contributed by atoms with van der Waals surface area (Å²) in [4.78, 5) is 11.9. The normalized spacial score (nSPS) is 12.0. The molecule has 28 heavy (non-hydrogen) atoms. The first-order valence-corrected chi connectivity index (χ1v) is 8.35. The largest absolute Gasteiger partial charge is 0.416 e. The van der Waals surface area contributed by atoms with Crippen LogP contribution < -0.4 is 5.73 Å². The highest BCUT2D eigenvalue weighted by Crippen LogP contribution is 2.35. The number of alkyl halides is 3. The minimum Gasteiger partial charge on any atom is -0.366 e. The molecule has 1 radical (unpaired) electrons. The molecule has 4 aromatic rings. The molecule has 0 aliphatic heterocycles. The first kappa shape index (κ1) is 18.0. The number of amides is 1. The van der Waals surface area contributed by atoms with E-state index in [2.05, 4.69) is 6.07 Å². The van der Waals surface area contributed by atoms with E-state index in [1.54, 1.807) is 16.7 Å². The number of carbonyl (C=O) groups excluding carboxylic acids is 1. The lowest BCUT2D eigenvalue weighted by Gasteiger charge is -2.14. The highest BCUT2D eigenvalue weighted by molar-refractivity contribution is 6.17. The van der Waals surface area contributed by atoms with Crippen LogP contribution >= 0.6 is 0 Å². The third-order valence-corrected chi connectivity index (χ3v) is 4.68. The van der Waals surface area contributed by atoms with Gasteiger partial charge in [-0.25, -0.2) is 4.39 Å². The number of carbonyl (C=O) groups is 1. The molecule has 0 aliphatic carbocycles. The summed E-state index contributed by atoms with van der Waals surface area (Å²) < 4.78 is 55.6. The van der Waals surface area contributed by atoms with Gasteiger partial charge in [-0.15, -0.1) is 0 Å². The Morgan fingerprint density at radius 2 is 1.75 bits per heavy atom. The van der Waals surface area contributed by atoms with E-state index in [1.807, 2.05) is 0 Å². The quantitative estimate of drug-likeness (QED) is 0.501. The molecule has 0 unspecified atom stereocenters. The summed E-state index contributed by atoms with van der Waals surface area (Å²) in [6, 6.07) is 15.2. The SMILES string of the molecule is NC(=O)c1cccc2c1c1[c]c(F)ccc1n2Cc1ccccc1C(F)(F)F. The monoisotopic (exact) mass is 385 g/mol. The molecule has 2 N–H and O–H groups in total. The van der Waals surface area contributed by atoms with Crippen LogP contribution in [0.5, 0.6) is 0 Å². The molecule has 0 atom stereocenters. The van der Waals surface area contributed by atoms with Gasteiger partial charge in [0.2, 0.25) is 5.91 Å². The second-order valence-corrected chi connectivity index (χ2v) is 6.37. The fraction of sp³-hybridized carbons (Fsp3) is 0.0952. The van der Waals surface area contributed by atoms with Gasteiger partial charge >= 0.3 is 6.18 Å². The van der Waals surface area contributed by atoms with Crippen LogP contribution in [0.2, 0.25) is 0 Å². The Balaban J connectivity index is 2.03. The second-order valence-electron chi connectivity index (χ2n) is 6.37. The molecule has 0 fully saturated rings. The number of nitrogens with zero attached hydrogens (tertiary/aromatic N) is 1. The number of nitrogens with two attached hydrogens (primary N) is 1. The molecule has 0 aliphatic rings. The number of benzene rings is 3. The fourth-order valence-corrected chi connectivity index (χ4v) is 3.51. The van der Waals surface area contributed by atoms with Gasteiger partial charge in [-0.2, -0.15) is 13.2 Å². The van der Waals surface area contributed by atoms with Gasteiger partial charge in [0.15, 0.2) is 0 Å². The van der Waals surface area contributed by atoms with Crippen LogP contribution in [0.25, 0.3) is 21.8 Å². The molecule has 1 aromatic heterocycles. The van der Waals surface area contributed by atoms with Crippen molar-refractivity contribution in [2.45, 2.75) is 12.7 Å². The van der Waals surface area contributed by atoms with E-state index in [1.165, 1.54) is 36.4 Å². The van der Waals surface area contributed by atoms with E-state index in [9.17, 15) is 22.4 Å². The molecule has 0 spiro atoms. The molecule has 3 aromatic carbocycles. The lowest BCUT2D eigenvalue weighted by Crippen LogP contribution is -2.12. The Hall–Kier alpha value is -3.35. The molecule has 1 amide bonds. The van der Waals surface area contributed by atoms with E-state index in [4.69, 9.17) is 5.73 Å². The number of hydrogen-bond donors (Lipinski definition) is 1. The van der Waals surface area contributed by atoms with E-state index < -0.39 is 23.5 Å². The summed E-state index contributed by atoms with van der Waals surface area (Å²) in [5.74, 6) is -1.35. The van der Waals surface area contributed by atoms with Crippen LogP contribution in [0.1, 0.15) is 21.5 Å². The lowest BCUT2D eigenvalue weighted by atomic mass is 10.1. The van der Waals surface area contributed by atoms with Crippen molar-refractivity contribution in [1.29, 1.82) is 0 Å². The number of hydrogen-bond acceptors (Lipinski definition) is 1. The van der Waals surface area contributed by atoms with Crippen LogP contribution in [0.15, 0.2) is 54.6 Å². The number of halogens is 4. The Bertz CT molecular complexity index is 1220. The van der Waals surface area contributed by atoms with Crippen molar-refractivity contribution in [2.75, 3.05) is 0 Å². The zero-order chi connectivity index (χ0) is 20.1. The average Bonchev–Trinajstić information content (AvgIpc) is 2.94. The molecule has 0 bridgehead atoms. The second kappa shape index (κ2) is 6.37. The number of rotatable bonds is 3. The predicted molar refractivity (Wildman–Crippen MR) is 97.3 cm³/mol. The van der Waals surface area contributed by atoms with E-state index in [0.717, 1.165) is 6.07 Å². The van der Waals surface area contributed by atoms with Gasteiger partial charge in [-0.3, -0.25) is 4.79 Å². The highest BCUT2D eigenvalue weighted by atomic mass is 19.4. The Kier molecular flexibility index (Phi) is 4.10.